The summed E-state index contributed by atoms with van der Waals surface area (Å²) in [6, 6.07) is 34.4. The van der Waals surface area contributed by atoms with Crippen LogP contribution in [0.15, 0.2) is 128 Å². The summed E-state index contributed by atoms with van der Waals surface area (Å²) in [5, 5.41) is 5.63. The van der Waals surface area contributed by atoms with Gasteiger partial charge >= 0.3 is 6.09 Å². The number of amides is 3. The molecule has 5 rings (SSSR count). The average molecular weight is 690 g/mol. The number of nitrogens with one attached hydrogen (secondary N) is 3. The van der Waals surface area contributed by atoms with Gasteiger partial charge in [0.05, 0.1) is 19.5 Å². The summed E-state index contributed by atoms with van der Waals surface area (Å²) in [6.45, 7) is 1.41. The van der Waals surface area contributed by atoms with Crippen molar-refractivity contribution in [2.24, 2.45) is 0 Å². The van der Waals surface area contributed by atoms with Gasteiger partial charge in [0, 0.05) is 38.3 Å². The molecule has 0 aliphatic heterocycles. The molecule has 0 aliphatic rings. The number of aromatic amines is 1. The van der Waals surface area contributed by atoms with Crippen LogP contribution in [0.2, 0.25) is 0 Å². The minimum absolute atomic E-state index is 0.0376. The second kappa shape index (κ2) is 19.3. The molecule has 0 saturated carbocycles. The second-order valence-electron chi connectivity index (χ2n) is 12.0. The molecule has 0 unspecified atom stereocenters. The van der Waals surface area contributed by atoms with E-state index in [1.54, 1.807) is 13.2 Å². The van der Waals surface area contributed by atoms with Crippen LogP contribution in [-0.2, 0) is 51.7 Å². The molecule has 0 aliphatic carbocycles. The zero-order valence-corrected chi connectivity index (χ0v) is 28.6. The molecule has 4 aromatic carbocycles. The van der Waals surface area contributed by atoms with Crippen molar-refractivity contribution in [2.75, 3.05) is 20.2 Å². The molecule has 1 aromatic heterocycles. The van der Waals surface area contributed by atoms with Crippen LogP contribution in [0.4, 0.5) is 4.79 Å². The molecule has 0 spiro atoms. The molecule has 1 heterocycles. The Hall–Kier alpha value is -5.94. The maximum atomic E-state index is 14.1. The first kappa shape index (κ1) is 36.3. The number of aromatic nitrogens is 2. The number of hydrogen-bond donors (Lipinski definition) is 3. The van der Waals surface area contributed by atoms with Crippen molar-refractivity contribution in [1.29, 1.82) is 0 Å². The fourth-order valence-electron chi connectivity index (χ4n) is 5.34. The van der Waals surface area contributed by atoms with Crippen molar-refractivity contribution in [3.05, 3.63) is 156 Å². The quantitative estimate of drug-likeness (QED) is 0.107. The molecule has 0 radical (unpaired) electrons. The number of alkyl carbamates (subject to hydrolysis) is 1. The van der Waals surface area contributed by atoms with Crippen LogP contribution in [0.3, 0.4) is 0 Å². The first-order valence-corrected chi connectivity index (χ1v) is 16.8. The predicted molar refractivity (Wildman–Crippen MR) is 192 cm³/mol. The zero-order chi connectivity index (χ0) is 35.7. The lowest BCUT2D eigenvalue weighted by molar-refractivity contribution is -0.140. The highest BCUT2D eigenvalue weighted by Crippen LogP contribution is 2.18. The molecule has 3 N–H and O–H groups in total. The molecular formula is C40H43N5O6. The third-order valence-corrected chi connectivity index (χ3v) is 8.16. The van der Waals surface area contributed by atoms with Crippen LogP contribution in [0.5, 0.6) is 5.75 Å². The molecule has 0 saturated heterocycles. The summed E-state index contributed by atoms with van der Waals surface area (Å²) in [4.78, 5) is 49.2. The van der Waals surface area contributed by atoms with Gasteiger partial charge in [0.2, 0.25) is 11.8 Å². The topological polar surface area (TPSA) is 135 Å². The van der Waals surface area contributed by atoms with Crippen molar-refractivity contribution < 1.29 is 28.6 Å². The second-order valence-corrected chi connectivity index (χ2v) is 12.0. The van der Waals surface area contributed by atoms with Gasteiger partial charge in [-0.2, -0.15) is 0 Å². The highest BCUT2D eigenvalue weighted by Gasteiger charge is 2.33. The molecule has 11 heteroatoms. The summed E-state index contributed by atoms with van der Waals surface area (Å²) in [6.07, 6.45) is 2.65. The summed E-state index contributed by atoms with van der Waals surface area (Å²) in [5.74, 6) is -0.142. The Morgan fingerprint density at radius 1 is 0.745 bits per heavy atom. The number of H-pyrrole nitrogens is 1. The van der Waals surface area contributed by atoms with Crippen LogP contribution >= 0.6 is 0 Å². The van der Waals surface area contributed by atoms with Crippen molar-refractivity contribution in [1.82, 2.24) is 25.5 Å². The number of carbonyl (C=O) groups is 3. The van der Waals surface area contributed by atoms with Crippen LogP contribution in [0.25, 0.3) is 0 Å². The van der Waals surface area contributed by atoms with Crippen molar-refractivity contribution in [3.63, 3.8) is 0 Å². The Bertz CT molecular complexity index is 1770. The highest BCUT2D eigenvalue weighted by molar-refractivity contribution is 5.91. The van der Waals surface area contributed by atoms with Crippen molar-refractivity contribution >= 4 is 17.9 Å². The molecule has 0 fully saturated rings. The lowest BCUT2D eigenvalue weighted by atomic mass is 10.0. The van der Waals surface area contributed by atoms with Gasteiger partial charge in [0.15, 0.2) is 0 Å². The fraction of sp³-hybridized carbons (Fsp3) is 0.250. The van der Waals surface area contributed by atoms with Crippen molar-refractivity contribution in [2.45, 2.75) is 44.7 Å². The largest absolute Gasteiger partial charge is 0.489 e. The van der Waals surface area contributed by atoms with E-state index in [0.29, 0.717) is 24.7 Å². The Kier molecular flexibility index (Phi) is 13.8. The van der Waals surface area contributed by atoms with Gasteiger partial charge < -0.3 is 34.7 Å². The maximum absolute atomic E-state index is 14.1. The third-order valence-electron chi connectivity index (χ3n) is 8.16. The van der Waals surface area contributed by atoms with E-state index >= 15 is 0 Å². The first-order chi connectivity index (χ1) is 24.9. The Balaban J connectivity index is 1.26. The summed E-state index contributed by atoms with van der Waals surface area (Å²) >= 11 is 0. The number of likely N-dealkylation sites (N-methyl/N-ethyl adjacent to an activating group) is 1. The molecule has 11 nitrogen and oxygen atoms in total. The molecule has 264 valence electrons. The van der Waals surface area contributed by atoms with Gasteiger partial charge in [0.1, 0.15) is 31.0 Å². The van der Waals surface area contributed by atoms with E-state index in [9.17, 15) is 14.4 Å². The summed E-state index contributed by atoms with van der Waals surface area (Å²) < 4.78 is 17.1. The van der Waals surface area contributed by atoms with E-state index in [-0.39, 0.29) is 38.5 Å². The van der Waals surface area contributed by atoms with Crippen molar-refractivity contribution in [3.8, 4) is 5.75 Å². The van der Waals surface area contributed by atoms with E-state index in [1.807, 2.05) is 115 Å². The lowest BCUT2D eigenvalue weighted by Crippen LogP contribution is -2.56. The SMILES string of the molecule is CN(C(=O)[C@@H](Cc1cnc[nH]1)NC(=O)OCc1ccccc1)[C@@H](Cc1ccc(OCc2ccccc2)cc1)C(=O)NCCOCc1ccccc1. The first-order valence-electron chi connectivity index (χ1n) is 16.8. The lowest BCUT2D eigenvalue weighted by Gasteiger charge is -2.31. The van der Waals surface area contributed by atoms with E-state index in [2.05, 4.69) is 20.6 Å². The Morgan fingerprint density at radius 3 is 1.96 bits per heavy atom. The molecule has 51 heavy (non-hydrogen) atoms. The third kappa shape index (κ3) is 11.9. The average Bonchev–Trinajstić information content (AvgIpc) is 3.69. The molecule has 5 aromatic rings. The van der Waals surface area contributed by atoms with Gasteiger partial charge in [-0.3, -0.25) is 9.59 Å². The van der Waals surface area contributed by atoms with Crippen LogP contribution in [-0.4, -0.2) is 65.1 Å². The number of nitrogens with zero attached hydrogens (tertiary/aromatic N) is 2. The van der Waals surface area contributed by atoms with E-state index in [4.69, 9.17) is 14.2 Å². The van der Waals surface area contributed by atoms with Crippen LogP contribution in [0, 0.1) is 0 Å². The van der Waals surface area contributed by atoms with Gasteiger partial charge in [-0.15, -0.1) is 0 Å². The zero-order valence-electron chi connectivity index (χ0n) is 28.6. The smallest absolute Gasteiger partial charge is 0.408 e. The monoisotopic (exact) mass is 689 g/mol. The number of ether oxygens (including phenoxy) is 3. The molecule has 2 atom stereocenters. The summed E-state index contributed by atoms with van der Waals surface area (Å²) in [7, 11) is 1.56. The van der Waals surface area contributed by atoms with Crippen LogP contribution in [0.1, 0.15) is 27.9 Å². The van der Waals surface area contributed by atoms with Crippen LogP contribution < -0.4 is 15.4 Å². The number of imidazole rings is 1. The highest BCUT2D eigenvalue weighted by atomic mass is 16.5. The summed E-state index contributed by atoms with van der Waals surface area (Å²) in [5.41, 5.74) is 4.34. The molecular weight excluding hydrogens is 646 g/mol. The van der Waals surface area contributed by atoms with Gasteiger partial charge in [-0.1, -0.05) is 103 Å². The maximum Gasteiger partial charge on any atom is 0.408 e. The van der Waals surface area contributed by atoms with Gasteiger partial charge in [-0.05, 0) is 34.4 Å². The van der Waals surface area contributed by atoms with Gasteiger partial charge in [-0.25, -0.2) is 9.78 Å². The Labute approximate surface area is 298 Å². The van der Waals surface area contributed by atoms with E-state index < -0.39 is 24.1 Å². The van der Waals surface area contributed by atoms with E-state index in [1.165, 1.54) is 11.2 Å². The number of carbonyl (C=O) groups excluding carboxylic acids is 3. The predicted octanol–water partition coefficient (Wildman–Crippen LogP) is 5.23. The fourth-order valence-corrected chi connectivity index (χ4v) is 5.34. The standard InChI is InChI=1S/C40H43N5O6/c1-45(39(47)36(24-34-25-41-29-43-34)44-40(48)51-28-33-15-9-4-10-16-33)37(38(46)42-21-22-49-26-31-11-5-2-6-12-31)23-30-17-19-35(20-18-30)50-27-32-13-7-3-8-14-32/h2-20,25,29,36-37H,21-24,26-28H2,1H3,(H,41,43)(H,42,46)(H,44,48)/t36-,37+/m1/s1. The number of hydrogen-bond acceptors (Lipinski definition) is 7. The molecule has 0 bridgehead atoms. The van der Waals surface area contributed by atoms with E-state index in [0.717, 1.165) is 22.3 Å². The minimum atomic E-state index is -1.04. The Morgan fingerprint density at radius 2 is 1.35 bits per heavy atom. The van der Waals surface area contributed by atoms with Gasteiger partial charge in [0.25, 0.3) is 0 Å². The number of benzene rings is 4. The normalized spacial score (nSPS) is 11.9. The number of rotatable bonds is 18. The minimum Gasteiger partial charge on any atom is -0.489 e. The molecule has 3 amide bonds.